The lowest BCUT2D eigenvalue weighted by Crippen LogP contribution is -2.46. The van der Waals surface area contributed by atoms with Crippen LogP contribution in [0.3, 0.4) is 0 Å². The number of carbonyl (C=O) groups excluding carboxylic acids is 2. The average molecular weight is 265 g/mol. The van der Waals surface area contributed by atoms with Crippen molar-refractivity contribution in [1.29, 1.82) is 0 Å². The van der Waals surface area contributed by atoms with Crippen LogP contribution < -0.4 is 5.32 Å². The maximum absolute atomic E-state index is 11.8. The van der Waals surface area contributed by atoms with Gasteiger partial charge >= 0.3 is 5.97 Å². The van der Waals surface area contributed by atoms with E-state index in [1.54, 1.807) is 6.92 Å². The predicted octanol–water partition coefficient (Wildman–Crippen LogP) is 0.658. The minimum atomic E-state index is -1.16. The molecule has 0 unspecified atom stereocenters. The number of esters is 1. The number of benzene rings is 1. The van der Waals surface area contributed by atoms with Gasteiger partial charge in [-0.25, -0.2) is 4.79 Å². The fourth-order valence-corrected chi connectivity index (χ4v) is 1.58. The van der Waals surface area contributed by atoms with Gasteiger partial charge in [0.1, 0.15) is 12.1 Å². The summed E-state index contributed by atoms with van der Waals surface area (Å²) >= 11 is 0. The van der Waals surface area contributed by atoms with E-state index in [0.29, 0.717) is 6.42 Å². The highest BCUT2D eigenvalue weighted by Crippen LogP contribution is 2.05. The molecule has 2 N–H and O–H groups in total. The Labute approximate surface area is 112 Å². The third-order valence-electron chi connectivity index (χ3n) is 2.55. The van der Waals surface area contributed by atoms with Gasteiger partial charge < -0.3 is 15.2 Å². The molecule has 0 saturated heterocycles. The SMILES string of the molecule is CCOC(=O)[C@H](Cc1ccccc1)NC(=O)[C@H](C)O. The second kappa shape index (κ2) is 7.53. The highest BCUT2D eigenvalue weighted by atomic mass is 16.5. The molecular formula is C14H19NO4. The molecule has 0 aliphatic carbocycles. The van der Waals surface area contributed by atoms with Crippen LogP contribution in [-0.4, -0.2) is 35.7 Å². The van der Waals surface area contributed by atoms with Crippen molar-refractivity contribution in [3.8, 4) is 0 Å². The largest absolute Gasteiger partial charge is 0.464 e. The first-order chi connectivity index (χ1) is 9.04. The van der Waals surface area contributed by atoms with E-state index in [0.717, 1.165) is 5.56 Å². The van der Waals surface area contributed by atoms with Crippen LogP contribution in [0.4, 0.5) is 0 Å². The molecule has 2 atom stereocenters. The number of nitrogens with one attached hydrogen (secondary N) is 1. The van der Waals surface area contributed by atoms with Crippen LogP contribution in [0.2, 0.25) is 0 Å². The summed E-state index contributed by atoms with van der Waals surface area (Å²) in [6.07, 6.45) is -0.828. The summed E-state index contributed by atoms with van der Waals surface area (Å²) in [5.74, 6) is -1.09. The van der Waals surface area contributed by atoms with Gasteiger partial charge in [0, 0.05) is 6.42 Å². The van der Waals surface area contributed by atoms with Crippen molar-refractivity contribution in [1.82, 2.24) is 5.32 Å². The summed E-state index contributed by atoms with van der Waals surface area (Å²) in [7, 11) is 0. The topological polar surface area (TPSA) is 75.6 Å². The first-order valence-electron chi connectivity index (χ1n) is 6.23. The number of aliphatic hydroxyl groups excluding tert-OH is 1. The zero-order chi connectivity index (χ0) is 14.3. The van der Waals surface area contributed by atoms with E-state index in [9.17, 15) is 14.7 Å². The molecule has 1 rings (SSSR count). The fraction of sp³-hybridized carbons (Fsp3) is 0.429. The van der Waals surface area contributed by atoms with Crippen molar-refractivity contribution in [2.75, 3.05) is 6.61 Å². The summed E-state index contributed by atoms with van der Waals surface area (Å²) in [6.45, 7) is 3.29. The van der Waals surface area contributed by atoms with Crippen LogP contribution in [0.5, 0.6) is 0 Å². The molecule has 0 spiro atoms. The molecular weight excluding hydrogens is 246 g/mol. The third-order valence-corrected chi connectivity index (χ3v) is 2.55. The van der Waals surface area contributed by atoms with Crippen LogP contribution in [0.15, 0.2) is 30.3 Å². The molecule has 0 heterocycles. The summed E-state index contributed by atoms with van der Waals surface area (Å²) in [4.78, 5) is 23.3. The highest BCUT2D eigenvalue weighted by molar-refractivity contribution is 5.86. The molecule has 104 valence electrons. The Hall–Kier alpha value is -1.88. The molecule has 0 bridgehead atoms. The Balaban J connectivity index is 2.74. The Morgan fingerprint density at radius 3 is 2.47 bits per heavy atom. The lowest BCUT2D eigenvalue weighted by Gasteiger charge is -2.18. The number of ether oxygens (including phenoxy) is 1. The molecule has 0 saturated carbocycles. The predicted molar refractivity (Wildman–Crippen MR) is 70.4 cm³/mol. The summed E-state index contributed by atoms with van der Waals surface area (Å²) in [5.41, 5.74) is 0.909. The first-order valence-corrected chi connectivity index (χ1v) is 6.23. The minimum Gasteiger partial charge on any atom is -0.464 e. The molecule has 1 aromatic carbocycles. The van der Waals surface area contributed by atoms with Crippen LogP contribution in [0.1, 0.15) is 19.4 Å². The Morgan fingerprint density at radius 1 is 1.32 bits per heavy atom. The first kappa shape index (κ1) is 15.2. The monoisotopic (exact) mass is 265 g/mol. The zero-order valence-electron chi connectivity index (χ0n) is 11.1. The second-order valence-electron chi connectivity index (χ2n) is 4.18. The van der Waals surface area contributed by atoms with Crippen molar-refractivity contribution in [2.24, 2.45) is 0 Å². The van der Waals surface area contributed by atoms with Crippen LogP contribution in [0, 0.1) is 0 Å². The number of hydrogen-bond acceptors (Lipinski definition) is 4. The van der Waals surface area contributed by atoms with E-state index in [2.05, 4.69) is 5.32 Å². The van der Waals surface area contributed by atoms with Gasteiger partial charge in [-0.05, 0) is 19.4 Å². The van der Waals surface area contributed by atoms with E-state index in [1.165, 1.54) is 6.92 Å². The number of aliphatic hydroxyl groups is 1. The molecule has 19 heavy (non-hydrogen) atoms. The highest BCUT2D eigenvalue weighted by Gasteiger charge is 2.23. The maximum atomic E-state index is 11.8. The quantitative estimate of drug-likeness (QED) is 0.741. The molecule has 5 nitrogen and oxygen atoms in total. The van der Waals surface area contributed by atoms with Crippen molar-refractivity contribution in [3.63, 3.8) is 0 Å². The molecule has 0 radical (unpaired) electrons. The Morgan fingerprint density at radius 2 is 1.95 bits per heavy atom. The Kier molecular flexibility index (Phi) is 6.02. The van der Waals surface area contributed by atoms with Gasteiger partial charge in [0.05, 0.1) is 6.61 Å². The van der Waals surface area contributed by atoms with Crippen molar-refractivity contribution in [2.45, 2.75) is 32.4 Å². The van der Waals surface area contributed by atoms with Crippen molar-refractivity contribution < 1.29 is 19.4 Å². The van der Waals surface area contributed by atoms with Gasteiger partial charge in [-0.3, -0.25) is 4.79 Å². The second-order valence-corrected chi connectivity index (χ2v) is 4.18. The molecule has 0 aromatic heterocycles. The van der Waals surface area contributed by atoms with Gasteiger partial charge in [0.25, 0.3) is 0 Å². The van der Waals surface area contributed by atoms with Gasteiger partial charge in [-0.15, -0.1) is 0 Å². The zero-order valence-corrected chi connectivity index (χ0v) is 11.1. The average Bonchev–Trinajstić information content (AvgIpc) is 2.39. The number of rotatable bonds is 6. The van der Waals surface area contributed by atoms with Crippen molar-refractivity contribution >= 4 is 11.9 Å². The summed E-state index contributed by atoms with van der Waals surface area (Å²) in [6, 6.07) is 8.52. The minimum absolute atomic E-state index is 0.245. The van der Waals surface area contributed by atoms with E-state index in [4.69, 9.17) is 4.74 Å². The van der Waals surface area contributed by atoms with E-state index in [1.807, 2.05) is 30.3 Å². The molecule has 1 aromatic rings. The molecule has 0 aliphatic heterocycles. The number of hydrogen-bond donors (Lipinski definition) is 2. The summed E-state index contributed by atoms with van der Waals surface area (Å²) in [5, 5.41) is 11.7. The van der Waals surface area contributed by atoms with E-state index in [-0.39, 0.29) is 6.61 Å². The fourth-order valence-electron chi connectivity index (χ4n) is 1.58. The molecule has 1 amide bonds. The van der Waals surface area contributed by atoms with Crippen LogP contribution in [0.25, 0.3) is 0 Å². The molecule has 0 fully saturated rings. The van der Waals surface area contributed by atoms with Crippen LogP contribution in [-0.2, 0) is 20.7 Å². The summed E-state index contributed by atoms with van der Waals surface area (Å²) < 4.78 is 4.92. The smallest absolute Gasteiger partial charge is 0.328 e. The number of amides is 1. The lowest BCUT2D eigenvalue weighted by molar-refractivity contribution is -0.148. The van der Waals surface area contributed by atoms with Crippen LogP contribution >= 0.6 is 0 Å². The third kappa shape index (κ3) is 5.09. The maximum Gasteiger partial charge on any atom is 0.328 e. The van der Waals surface area contributed by atoms with Gasteiger partial charge in [-0.2, -0.15) is 0 Å². The van der Waals surface area contributed by atoms with Gasteiger partial charge in [-0.1, -0.05) is 30.3 Å². The van der Waals surface area contributed by atoms with Gasteiger partial charge in [0.15, 0.2) is 0 Å². The normalized spacial score (nSPS) is 13.4. The Bertz CT molecular complexity index is 417. The van der Waals surface area contributed by atoms with E-state index >= 15 is 0 Å². The standard InChI is InChI=1S/C14H19NO4/c1-3-19-14(18)12(15-13(17)10(2)16)9-11-7-5-4-6-8-11/h4-8,10,12,16H,3,9H2,1-2H3,(H,15,17)/t10-,12-/m0/s1. The molecule has 5 heteroatoms. The lowest BCUT2D eigenvalue weighted by atomic mass is 10.1. The van der Waals surface area contributed by atoms with E-state index < -0.39 is 24.0 Å². The number of carbonyl (C=O) groups is 2. The molecule has 0 aliphatic rings. The van der Waals surface area contributed by atoms with Crippen molar-refractivity contribution in [3.05, 3.63) is 35.9 Å². The van der Waals surface area contributed by atoms with Gasteiger partial charge in [0.2, 0.25) is 5.91 Å².